The van der Waals surface area contributed by atoms with E-state index in [0.29, 0.717) is 37.8 Å². The quantitative estimate of drug-likeness (QED) is 0.174. The topological polar surface area (TPSA) is 95.0 Å². The molecule has 7 nitrogen and oxygen atoms in total. The molecule has 0 aliphatic heterocycles. The number of aliphatic imine (C=N–C) groups is 1. The van der Waals surface area contributed by atoms with Crippen molar-refractivity contribution < 1.29 is 14.6 Å². The number of guanidine groups is 1. The van der Waals surface area contributed by atoms with Crippen molar-refractivity contribution in [3.05, 3.63) is 59.2 Å². The van der Waals surface area contributed by atoms with E-state index in [2.05, 4.69) is 20.9 Å². The number of carbonyl (C=O) groups is 1. The number of hydrogen-bond acceptors (Lipinski definition) is 4. The molecule has 0 unspecified atom stereocenters. The molecule has 2 rings (SSSR count). The van der Waals surface area contributed by atoms with Gasteiger partial charge in [-0.15, -0.1) is 24.0 Å². The molecule has 0 heterocycles. The zero-order valence-electron chi connectivity index (χ0n) is 17.7. The van der Waals surface area contributed by atoms with E-state index in [1.54, 1.807) is 12.1 Å². The number of nitrogens with one attached hydrogen (secondary N) is 3. The first-order valence-electron chi connectivity index (χ1n) is 9.85. The number of hydrogen-bond donors (Lipinski definition) is 4. The zero-order valence-corrected chi connectivity index (χ0v) is 20.0. The molecular formula is C22H31IN4O3. The van der Waals surface area contributed by atoms with Crippen molar-refractivity contribution >= 4 is 35.8 Å². The van der Waals surface area contributed by atoms with Gasteiger partial charge in [0.1, 0.15) is 11.5 Å². The summed E-state index contributed by atoms with van der Waals surface area (Å²) in [6.45, 7) is 8.81. The fourth-order valence-electron chi connectivity index (χ4n) is 2.66. The molecule has 0 saturated heterocycles. The Morgan fingerprint density at radius 3 is 2.40 bits per heavy atom. The third-order valence-electron chi connectivity index (χ3n) is 4.11. The van der Waals surface area contributed by atoms with Crippen LogP contribution in [0.1, 0.15) is 35.3 Å². The van der Waals surface area contributed by atoms with Gasteiger partial charge >= 0.3 is 0 Å². The molecule has 0 aliphatic carbocycles. The van der Waals surface area contributed by atoms with Crippen molar-refractivity contribution in [2.75, 3.05) is 26.2 Å². The monoisotopic (exact) mass is 526 g/mol. The first-order valence-corrected chi connectivity index (χ1v) is 9.85. The van der Waals surface area contributed by atoms with Gasteiger partial charge in [-0.05, 0) is 56.7 Å². The first-order chi connectivity index (χ1) is 14.0. The molecule has 8 heteroatoms. The van der Waals surface area contributed by atoms with Gasteiger partial charge in [-0.25, -0.2) is 4.99 Å². The van der Waals surface area contributed by atoms with Gasteiger partial charge in [-0.3, -0.25) is 4.79 Å². The third-order valence-corrected chi connectivity index (χ3v) is 4.11. The second-order valence-corrected chi connectivity index (χ2v) is 6.47. The molecule has 2 aromatic rings. The maximum Gasteiger partial charge on any atom is 0.251 e. The van der Waals surface area contributed by atoms with Gasteiger partial charge in [0.15, 0.2) is 5.96 Å². The normalized spacial score (nSPS) is 10.7. The Morgan fingerprint density at radius 2 is 1.73 bits per heavy atom. The second kappa shape index (κ2) is 13.7. The maximum atomic E-state index is 12.1. The van der Waals surface area contributed by atoms with Gasteiger partial charge in [-0.1, -0.05) is 12.1 Å². The van der Waals surface area contributed by atoms with E-state index in [4.69, 9.17) is 4.74 Å². The summed E-state index contributed by atoms with van der Waals surface area (Å²) < 4.78 is 5.71. The zero-order chi connectivity index (χ0) is 21.1. The van der Waals surface area contributed by atoms with Crippen LogP contribution in [0, 0.1) is 6.92 Å². The van der Waals surface area contributed by atoms with Crippen molar-refractivity contribution in [2.45, 2.75) is 27.3 Å². The van der Waals surface area contributed by atoms with Gasteiger partial charge in [0.25, 0.3) is 5.91 Å². The molecule has 0 atom stereocenters. The summed E-state index contributed by atoms with van der Waals surface area (Å²) >= 11 is 0. The average Bonchev–Trinajstić information content (AvgIpc) is 2.71. The highest BCUT2D eigenvalue weighted by atomic mass is 127. The molecule has 0 aromatic heterocycles. The number of halogens is 1. The van der Waals surface area contributed by atoms with Gasteiger partial charge in [-0.2, -0.15) is 0 Å². The number of carbonyl (C=O) groups excluding carboxylic acids is 1. The number of phenolic OH excluding ortho intramolecular Hbond substituents is 1. The highest BCUT2D eigenvalue weighted by Crippen LogP contribution is 2.21. The second-order valence-electron chi connectivity index (χ2n) is 6.47. The van der Waals surface area contributed by atoms with Crippen LogP contribution < -0.4 is 20.7 Å². The lowest BCUT2D eigenvalue weighted by Crippen LogP contribution is -2.41. The summed E-state index contributed by atoms with van der Waals surface area (Å²) in [5.41, 5.74) is 2.68. The van der Waals surface area contributed by atoms with Gasteiger partial charge in [0, 0.05) is 30.8 Å². The minimum atomic E-state index is -0.185. The number of aromatic hydroxyl groups is 1. The van der Waals surface area contributed by atoms with Crippen LogP contribution in [0.15, 0.2) is 47.5 Å². The van der Waals surface area contributed by atoms with Crippen LogP contribution in [-0.2, 0) is 6.54 Å². The number of phenols is 1. The smallest absolute Gasteiger partial charge is 0.251 e. The first kappa shape index (κ1) is 25.5. The lowest BCUT2D eigenvalue weighted by molar-refractivity contribution is 0.0954. The molecule has 0 radical (unpaired) electrons. The number of ether oxygens (including phenoxy) is 1. The largest absolute Gasteiger partial charge is 0.508 e. The Bertz CT molecular complexity index is 826. The van der Waals surface area contributed by atoms with Crippen molar-refractivity contribution in [3.63, 3.8) is 0 Å². The van der Waals surface area contributed by atoms with E-state index >= 15 is 0 Å². The number of benzene rings is 2. The van der Waals surface area contributed by atoms with E-state index in [0.717, 1.165) is 23.4 Å². The van der Waals surface area contributed by atoms with E-state index in [1.807, 2.05) is 39.0 Å². The van der Waals surface area contributed by atoms with E-state index in [1.165, 1.54) is 12.1 Å². The Hall–Kier alpha value is -2.49. The molecule has 0 bridgehead atoms. The summed E-state index contributed by atoms with van der Waals surface area (Å²) in [4.78, 5) is 16.7. The van der Waals surface area contributed by atoms with Crippen molar-refractivity contribution in [3.8, 4) is 11.5 Å². The summed E-state index contributed by atoms with van der Waals surface area (Å²) in [7, 11) is 0. The van der Waals surface area contributed by atoms with Crippen molar-refractivity contribution in [2.24, 2.45) is 4.99 Å². The number of nitrogens with zero attached hydrogens (tertiary/aromatic N) is 1. The minimum Gasteiger partial charge on any atom is -0.508 e. The van der Waals surface area contributed by atoms with Crippen LogP contribution in [0.5, 0.6) is 11.5 Å². The predicted octanol–water partition coefficient (Wildman–Crippen LogP) is 3.20. The number of amides is 1. The Kier molecular flexibility index (Phi) is 11.7. The van der Waals surface area contributed by atoms with Crippen LogP contribution in [0.2, 0.25) is 0 Å². The van der Waals surface area contributed by atoms with Crippen molar-refractivity contribution in [1.82, 2.24) is 16.0 Å². The number of aryl methyl sites for hydroxylation is 1. The maximum absolute atomic E-state index is 12.1. The molecule has 0 aliphatic rings. The van der Waals surface area contributed by atoms with Crippen molar-refractivity contribution in [1.29, 1.82) is 0 Å². The minimum absolute atomic E-state index is 0. The number of rotatable bonds is 9. The Morgan fingerprint density at radius 1 is 1.03 bits per heavy atom. The Balaban J connectivity index is 0.00000450. The fraction of sp³-hybridized carbons (Fsp3) is 0.364. The highest BCUT2D eigenvalue weighted by Gasteiger charge is 2.06. The van der Waals surface area contributed by atoms with Crippen LogP contribution in [0.25, 0.3) is 0 Å². The Labute approximate surface area is 195 Å². The fourth-order valence-corrected chi connectivity index (χ4v) is 2.66. The summed E-state index contributed by atoms with van der Waals surface area (Å²) in [5, 5.41) is 18.5. The summed E-state index contributed by atoms with van der Waals surface area (Å²) in [5.74, 6) is 1.48. The van der Waals surface area contributed by atoms with Crippen LogP contribution in [0.4, 0.5) is 0 Å². The average molecular weight is 526 g/mol. The van der Waals surface area contributed by atoms with Crippen LogP contribution in [-0.4, -0.2) is 43.2 Å². The molecule has 30 heavy (non-hydrogen) atoms. The van der Waals surface area contributed by atoms with E-state index < -0.39 is 0 Å². The SMILES string of the molecule is CCNC(=NCc1ccc(C)cc1OCC)NCCNC(=O)c1ccc(O)cc1.I. The molecule has 4 N–H and O–H groups in total. The molecule has 0 fully saturated rings. The predicted molar refractivity (Wildman–Crippen MR) is 131 cm³/mol. The van der Waals surface area contributed by atoms with E-state index in [-0.39, 0.29) is 35.6 Å². The molecule has 1 amide bonds. The summed E-state index contributed by atoms with van der Waals surface area (Å²) in [6, 6.07) is 12.3. The summed E-state index contributed by atoms with van der Waals surface area (Å²) in [6.07, 6.45) is 0. The molecule has 0 saturated carbocycles. The van der Waals surface area contributed by atoms with Gasteiger partial charge in [0.2, 0.25) is 0 Å². The molecule has 0 spiro atoms. The van der Waals surface area contributed by atoms with Crippen LogP contribution in [0.3, 0.4) is 0 Å². The molecular weight excluding hydrogens is 495 g/mol. The standard InChI is InChI=1S/C22H30N4O3.HI/c1-4-23-22(26-15-18-7-6-16(3)14-20(18)29-5-2)25-13-12-24-21(28)17-8-10-19(27)11-9-17;/h6-11,14,27H,4-5,12-13,15H2,1-3H3,(H,24,28)(H2,23,25,26);1H. The lowest BCUT2D eigenvalue weighted by Gasteiger charge is -2.13. The van der Waals surface area contributed by atoms with Gasteiger partial charge in [0.05, 0.1) is 13.2 Å². The lowest BCUT2D eigenvalue weighted by atomic mass is 10.1. The third kappa shape index (κ3) is 8.48. The highest BCUT2D eigenvalue weighted by molar-refractivity contribution is 14.0. The van der Waals surface area contributed by atoms with Gasteiger partial charge < -0.3 is 25.8 Å². The van der Waals surface area contributed by atoms with Crippen LogP contribution >= 0.6 is 24.0 Å². The molecule has 2 aromatic carbocycles. The van der Waals surface area contributed by atoms with E-state index in [9.17, 15) is 9.90 Å². The molecule has 164 valence electrons.